The maximum absolute atomic E-state index is 6.12. The molecule has 0 spiro atoms. The van der Waals surface area contributed by atoms with Crippen molar-refractivity contribution in [3.8, 4) is 11.5 Å². The summed E-state index contributed by atoms with van der Waals surface area (Å²) in [5, 5.41) is 6.22. The number of nitrogens with one attached hydrogen (secondary N) is 2. The maximum atomic E-state index is 6.12. The van der Waals surface area contributed by atoms with Crippen LogP contribution in [-0.4, -0.2) is 55.3 Å². The molecule has 2 N–H and O–H groups in total. The summed E-state index contributed by atoms with van der Waals surface area (Å²) in [6.07, 6.45) is 4.10. The van der Waals surface area contributed by atoms with Crippen LogP contribution in [0.1, 0.15) is 19.8 Å². The molecule has 27 heavy (non-hydrogen) atoms. The van der Waals surface area contributed by atoms with Crippen LogP contribution >= 0.6 is 0 Å². The van der Waals surface area contributed by atoms with Gasteiger partial charge in [0.1, 0.15) is 5.82 Å². The number of anilines is 3. The van der Waals surface area contributed by atoms with Crippen LogP contribution in [0, 0.1) is 5.92 Å². The van der Waals surface area contributed by atoms with Crippen LogP contribution in [0.25, 0.3) is 0 Å². The maximum Gasteiger partial charge on any atom is 0.229 e. The normalized spacial score (nSPS) is 16.9. The van der Waals surface area contributed by atoms with Crippen LogP contribution in [0.3, 0.4) is 0 Å². The van der Waals surface area contributed by atoms with E-state index in [2.05, 4.69) is 32.4 Å². The molecular weight excluding hydrogens is 342 g/mol. The average Bonchev–Trinajstić information content (AvgIpc) is 3.14. The van der Waals surface area contributed by atoms with Crippen molar-refractivity contribution < 1.29 is 9.47 Å². The predicted octanol–water partition coefficient (Wildman–Crippen LogP) is 3.38. The molecule has 0 radical (unpaired) electrons. The quantitative estimate of drug-likeness (QED) is 0.700. The van der Waals surface area contributed by atoms with Crippen molar-refractivity contribution in [1.29, 1.82) is 0 Å². The Bertz CT molecular complexity index is 740. The smallest absolute Gasteiger partial charge is 0.229 e. The Labute approximate surface area is 161 Å². The fraction of sp³-hybridized carbons (Fsp3) is 0.500. The Morgan fingerprint density at radius 2 is 2.15 bits per heavy atom. The number of likely N-dealkylation sites (tertiary alicyclic amines) is 1. The van der Waals surface area contributed by atoms with E-state index in [9.17, 15) is 0 Å². The summed E-state index contributed by atoms with van der Waals surface area (Å²) in [4.78, 5) is 11.1. The number of nitrogens with zero attached hydrogens (tertiary/aromatic N) is 3. The Morgan fingerprint density at radius 1 is 1.26 bits per heavy atom. The molecule has 1 atom stereocenters. The second-order valence-electron chi connectivity index (χ2n) is 6.77. The van der Waals surface area contributed by atoms with Crippen LogP contribution in [0.4, 0.5) is 17.5 Å². The molecule has 0 bridgehead atoms. The minimum atomic E-state index is 0.531. The summed E-state index contributed by atoms with van der Waals surface area (Å²) < 4.78 is 11.6. The van der Waals surface area contributed by atoms with Gasteiger partial charge in [0, 0.05) is 37.5 Å². The van der Waals surface area contributed by atoms with E-state index in [4.69, 9.17) is 9.47 Å². The first kappa shape index (κ1) is 19.2. The van der Waals surface area contributed by atoms with E-state index >= 15 is 0 Å². The highest BCUT2D eigenvalue weighted by Gasteiger charge is 2.22. The van der Waals surface area contributed by atoms with Gasteiger partial charge in [0.05, 0.1) is 13.7 Å². The highest BCUT2D eigenvalue weighted by molar-refractivity contribution is 5.60. The minimum absolute atomic E-state index is 0.531. The first-order chi connectivity index (χ1) is 13.2. The molecule has 1 unspecified atom stereocenters. The number of methoxy groups -OCH3 is 1. The number of benzene rings is 1. The zero-order valence-corrected chi connectivity index (χ0v) is 16.4. The minimum Gasteiger partial charge on any atom is -0.493 e. The van der Waals surface area contributed by atoms with E-state index in [1.165, 1.54) is 25.9 Å². The Morgan fingerprint density at radius 3 is 2.93 bits per heavy atom. The summed E-state index contributed by atoms with van der Waals surface area (Å²) in [5.74, 6) is 3.32. The van der Waals surface area contributed by atoms with Gasteiger partial charge in [0.15, 0.2) is 11.5 Å². The van der Waals surface area contributed by atoms with Gasteiger partial charge in [0.25, 0.3) is 0 Å². The SMILES string of the molecule is CCCN1CCC(COc2cc(Nc3nccc(NC)n3)ccc2OC)C1. The van der Waals surface area contributed by atoms with Crippen molar-refractivity contribution in [3.63, 3.8) is 0 Å². The number of hydrogen-bond acceptors (Lipinski definition) is 7. The van der Waals surface area contributed by atoms with Gasteiger partial charge in [-0.25, -0.2) is 4.98 Å². The summed E-state index contributed by atoms with van der Waals surface area (Å²) >= 11 is 0. The monoisotopic (exact) mass is 371 g/mol. The van der Waals surface area contributed by atoms with Crippen molar-refractivity contribution in [2.75, 3.05) is 51.0 Å². The Balaban J connectivity index is 1.64. The average molecular weight is 371 g/mol. The van der Waals surface area contributed by atoms with Crippen LogP contribution in [0.5, 0.6) is 11.5 Å². The summed E-state index contributed by atoms with van der Waals surface area (Å²) in [7, 11) is 3.49. The van der Waals surface area contributed by atoms with Crippen LogP contribution < -0.4 is 20.1 Å². The van der Waals surface area contributed by atoms with Gasteiger partial charge in [-0.15, -0.1) is 0 Å². The topological polar surface area (TPSA) is 71.5 Å². The van der Waals surface area contributed by atoms with Gasteiger partial charge in [-0.1, -0.05) is 6.92 Å². The third-order valence-electron chi connectivity index (χ3n) is 4.72. The predicted molar refractivity (Wildman–Crippen MR) is 108 cm³/mol. The largest absolute Gasteiger partial charge is 0.493 e. The first-order valence-electron chi connectivity index (χ1n) is 9.52. The summed E-state index contributed by atoms with van der Waals surface area (Å²) in [6.45, 7) is 6.37. The summed E-state index contributed by atoms with van der Waals surface area (Å²) in [5.41, 5.74) is 0.859. The molecule has 2 heterocycles. The lowest BCUT2D eigenvalue weighted by atomic mass is 10.1. The van der Waals surface area contributed by atoms with Gasteiger partial charge >= 0.3 is 0 Å². The van der Waals surface area contributed by atoms with E-state index in [-0.39, 0.29) is 0 Å². The second-order valence-corrected chi connectivity index (χ2v) is 6.77. The third kappa shape index (κ3) is 5.23. The van der Waals surface area contributed by atoms with Crippen molar-refractivity contribution in [3.05, 3.63) is 30.5 Å². The molecule has 1 aromatic carbocycles. The van der Waals surface area contributed by atoms with E-state index in [0.717, 1.165) is 29.5 Å². The first-order valence-corrected chi connectivity index (χ1v) is 9.52. The standard InChI is InChI=1S/C20H29N5O2/c1-4-10-25-11-8-15(13-25)14-27-18-12-16(5-6-17(18)26-3)23-20-22-9-7-19(21-2)24-20/h5-7,9,12,15H,4,8,10-11,13-14H2,1-3H3,(H2,21,22,23,24). The van der Waals surface area contributed by atoms with Crippen molar-refractivity contribution >= 4 is 17.5 Å². The van der Waals surface area contributed by atoms with Gasteiger partial charge in [-0.3, -0.25) is 0 Å². The lowest BCUT2D eigenvalue weighted by Gasteiger charge is -2.17. The lowest BCUT2D eigenvalue weighted by molar-refractivity contribution is 0.232. The van der Waals surface area contributed by atoms with Crippen molar-refractivity contribution in [2.24, 2.45) is 5.92 Å². The van der Waals surface area contributed by atoms with E-state index in [1.807, 2.05) is 31.3 Å². The Hall–Kier alpha value is -2.54. The molecule has 0 aliphatic carbocycles. The number of hydrogen-bond donors (Lipinski definition) is 2. The molecule has 1 aliphatic heterocycles. The zero-order chi connectivity index (χ0) is 19.1. The molecule has 3 rings (SSSR count). The van der Waals surface area contributed by atoms with Crippen molar-refractivity contribution in [2.45, 2.75) is 19.8 Å². The molecular formula is C20H29N5O2. The van der Waals surface area contributed by atoms with E-state index in [0.29, 0.717) is 18.5 Å². The fourth-order valence-electron chi connectivity index (χ4n) is 3.33. The van der Waals surface area contributed by atoms with E-state index in [1.54, 1.807) is 13.3 Å². The molecule has 7 heteroatoms. The Kier molecular flexibility index (Phi) is 6.70. The molecule has 1 fully saturated rings. The van der Waals surface area contributed by atoms with Gasteiger partial charge in [0.2, 0.25) is 5.95 Å². The number of rotatable bonds is 9. The molecule has 1 aromatic heterocycles. The van der Waals surface area contributed by atoms with Crippen LogP contribution in [-0.2, 0) is 0 Å². The highest BCUT2D eigenvalue weighted by Crippen LogP contribution is 2.32. The van der Waals surface area contributed by atoms with Gasteiger partial charge in [-0.2, -0.15) is 4.98 Å². The van der Waals surface area contributed by atoms with Crippen LogP contribution in [0.2, 0.25) is 0 Å². The van der Waals surface area contributed by atoms with Gasteiger partial charge in [-0.05, 0) is 44.1 Å². The molecule has 1 saturated heterocycles. The van der Waals surface area contributed by atoms with Gasteiger partial charge < -0.3 is 25.0 Å². The number of ether oxygens (including phenoxy) is 2. The second kappa shape index (κ2) is 9.41. The molecule has 1 aliphatic rings. The number of aromatic nitrogens is 2. The molecule has 2 aromatic rings. The van der Waals surface area contributed by atoms with Crippen molar-refractivity contribution in [1.82, 2.24) is 14.9 Å². The lowest BCUT2D eigenvalue weighted by Crippen LogP contribution is -2.23. The molecule has 7 nitrogen and oxygen atoms in total. The highest BCUT2D eigenvalue weighted by atomic mass is 16.5. The zero-order valence-electron chi connectivity index (χ0n) is 16.4. The van der Waals surface area contributed by atoms with E-state index < -0.39 is 0 Å². The third-order valence-corrected chi connectivity index (χ3v) is 4.72. The summed E-state index contributed by atoms with van der Waals surface area (Å²) in [6, 6.07) is 7.58. The molecule has 146 valence electrons. The fourth-order valence-corrected chi connectivity index (χ4v) is 3.33. The van der Waals surface area contributed by atoms with Crippen LogP contribution in [0.15, 0.2) is 30.5 Å². The molecule has 0 amide bonds. The molecule has 0 saturated carbocycles.